The topological polar surface area (TPSA) is 74.6 Å². The van der Waals surface area contributed by atoms with Crippen LogP contribution in [-0.2, 0) is 0 Å². The predicted octanol–water partition coefficient (Wildman–Crippen LogP) is 11.7. The molecular formula is C48H30N6O. The maximum absolute atomic E-state index is 6.43. The van der Waals surface area contributed by atoms with Crippen LogP contribution >= 0.6 is 0 Å². The van der Waals surface area contributed by atoms with Crippen LogP contribution in [0.2, 0.25) is 0 Å². The number of benzene rings is 6. The Morgan fingerprint density at radius 2 is 0.745 bits per heavy atom. The molecule has 11 rings (SSSR count). The van der Waals surface area contributed by atoms with E-state index < -0.39 is 0 Å². The molecule has 7 heteroatoms. The monoisotopic (exact) mass is 706 g/mol. The van der Waals surface area contributed by atoms with Crippen LogP contribution in [-0.4, -0.2) is 29.3 Å². The van der Waals surface area contributed by atoms with Crippen LogP contribution < -0.4 is 0 Å². The average molecular weight is 707 g/mol. The van der Waals surface area contributed by atoms with E-state index in [2.05, 4.69) is 153 Å². The van der Waals surface area contributed by atoms with Gasteiger partial charge in [-0.05, 0) is 72.8 Å². The van der Waals surface area contributed by atoms with Crippen molar-refractivity contribution < 1.29 is 4.42 Å². The number of para-hydroxylation sites is 2. The Bertz CT molecular complexity index is 3000. The van der Waals surface area contributed by atoms with E-state index in [0.717, 1.165) is 88.9 Å². The van der Waals surface area contributed by atoms with Gasteiger partial charge in [-0.2, -0.15) is 0 Å². The first kappa shape index (κ1) is 30.9. The zero-order valence-corrected chi connectivity index (χ0v) is 29.4. The van der Waals surface area contributed by atoms with Gasteiger partial charge in [-0.1, -0.05) is 109 Å². The van der Waals surface area contributed by atoms with E-state index >= 15 is 0 Å². The Hall–Kier alpha value is -7.64. The highest BCUT2D eigenvalue weighted by molar-refractivity contribution is 6.11. The molecule has 5 aromatic heterocycles. The summed E-state index contributed by atoms with van der Waals surface area (Å²) in [6.45, 7) is 0. The molecule has 0 saturated carbocycles. The fourth-order valence-electron chi connectivity index (χ4n) is 7.80. The van der Waals surface area contributed by atoms with Crippen molar-refractivity contribution in [2.45, 2.75) is 0 Å². The minimum Gasteiger partial charge on any atom is -0.416 e. The van der Waals surface area contributed by atoms with Crippen molar-refractivity contribution in [1.82, 2.24) is 29.3 Å². The van der Waals surface area contributed by atoms with Crippen molar-refractivity contribution in [2.75, 3.05) is 0 Å². The molecule has 0 amide bonds. The first-order valence-corrected chi connectivity index (χ1v) is 18.2. The van der Waals surface area contributed by atoms with Crippen LogP contribution in [0.5, 0.6) is 0 Å². The predicted molar refractivity (Wildman–Crippen MR) is 220 cm³/mol. The average Bonchev–Trinajstić information content (AvgIpc) is 3.97. The zero-order valence-electron chi connectivity index (χ0n) is 29.4. The first-order valence-electron chi connectivity index (χ1n) is 18.2. The Labute approximate surface area is 315 Å². The van der Waals surface area contributed by atoms with Crippen molar-refractivity contribution >= 4 is 43.6 Å². The number of rotatable bonds is 6. The molecule has 0 aliphatic rings. The Morgan fingerprint density at radius 1 is 0.327 bits per heavy atom. The lowest BCUT2D eigenvalue weighted by molar-refractivity contribution is 0.585. The number of pyridine rings is 2. The highest BCUT2D eigenvalue weighted by atomic mass is 16.4. The van der Waals surface area contributed by atoms with Gasteiger partial charge < -0.3 is 4.42 Å². The summed E-state index contributed by atoms with van der Waals surface area (Å²) < 4.78 is 10.9. The number of aromatic nitrogens is 6. The number of nitrogens with zero attached hydrogens (tertiary/aromatic N) is 6. The molecule has 55 heavy (non-hydrogen) atoms. The molecule has 5 heterocycles. The van der Waals surface area contributed by atoms with Gasteiger partial charge in [0, 0.05) is 43.8 Å². The lowest BCUT2D eigenvalue weighted by atomic mass is 10.1. The summed E-state index contributed by atoms with van der Waals surface area (Å²) in [5, 5.41) is 13.5. The number of hydrogen-bond acceptors (Lipinski definition) is 5. The lowest BCUT2D eigenvalue weighted by Gasteiger charge is -2.09. The molecule has 0 radical (unpaired) electrons. The molecule has 0 atom stereocenters. The minimum absolute atomic E-state index is 0.461. The molecule has 258 valence electrons. The van der Waals surface area contributed by atoms with Crippen LogP contribution in [0.4, 0.5) is 0 Å². The summed E-state index contributed by atoms with van der Waals surface area (Å²) in [6, 6.07) is 62.3. The summed E-state index contributed by atoms with van der Waals surface area (Å²) in [5.41, 5.74) is 9.96. The summed E-state index contributed by atoms with van der Waals surface area (Å²) in [4.78, 5) is 10.2. The second-order valence-corrected chi connectivity index (χ2v) is 13.6. The first-order chi connectivity index (χ1) is 27.3. The van der Waals surface area contributed by atoms with Crippen molar-refractivity contribution in [3.05, 3.63) is 182 Å². The maximum atomic E-state index is 6.43. The van der Waals surface area contributed by atoms with Gasteiger partial charge in [0.1, 0.15) is 11.6 Å². The van der Waals surface area contributed by atoms with E-state index in [4.69, 9.17) is 14.4 Å². The van der Waals surface area contributed by atoms with Crippen LogP contribution in [0.25, 0.3) is 101 Å². The Morgan fingerprint density at radius 3 is 1.22 bits per heavy atom. The lowest BCUT2D eigenvalue weighted by Crippen LogP contribution is -1.98. The number of fused-ring (bicyclic) bond motifs is 6. The molecule has 7 nitrogen and oxygen atoms in total. The summed E-state index contributed by atoms with van der Waals surface area (Å²) in [7, 11) is 0. The highest BCUT2D eigenvalue weighted by Crippen LogP contribution is 2.37. The molecule has 6 aromatic carbocycles. The second-order valence-electron chi connectivity index (χ2n) is 13.6. The van der Waals surface area contributed by atoms with Gasteiger partial charge in [0.25, 0.3) is 0 Å². The second kappa shape index (κ2) is 12.5. The molecule has 0 aliphatic carbocycles. The SMILES string of the molecule is c1ccc(-c2cccc(-n3c4ccccc4c4cc(-c5nnc(-c6ccc7c(c6)c6ccccc6n7-c6cccc(-c7ccccc7)n6)o5)ccc43)n2)cc1. The smallest absolute Gasteiger partial charge is 0.248 e. The zero-order chi connectivity index (χ0) is 36.3. The number of hydrogen-bond donors (Lipinski definition) is 0. The van der Waals surface area contributed by atoms with Gasteiger partial charge in [-0.3, -0.25) is 9.13 Å². The minimum atomic E-state index is 0.461. The fourth-order valence-corrected chi connectivity index (χ4v) is 7.80. The molecule has 11 aromatic rings. The normalized spacial score (nSPS) is 11.6. The van der Waals surface area contributed by atoms with Crippen LogP contribution in [0, 0.1) is 0 Å². The molecule has 0 spiro atoms. The van der Waals surface area contributed by atoms with Gasteiger partial charge in [0.15, 0.2) is 0 Å². The van der Waals surface area contributed by atoms with E-state index in [9.17, 15) is 0 Å². The van der Waals surface area contributed by atoms with Gasteiger partial charge >= 0.3 is 0 Å². The van der Waals surface area contributed by atoms with Crippen LogP contribution in [0.1, 0.15) is 0 Å². The molecule has 0 N–H and O–H groups in total. The van der Waals surface area contributed by atoms with Crippen LogP contribution in [0.15, 0.2) is 186 Å². The third kappa shape index (κ3) is 5.13. The third-order valence-corrected chi connectivity index (χ3v) is 10.3. The summed E-state index contributed by atoms with van der Waals surface area (Å²) in [6.07, 6.45) is 0. The molecule has 0 fully saturated rings. The fraction of sp³-hybridized carbons (Fsp3) is 0. The van der Waals surface area contributed by atoms with E-state index in [1.54, 1.807) is 0 Å². The molecule has 0 aliphatic heterocycles. The van der Waals surface area contributed by atoms with Gasteiger partial charge in [-0.25, -0.2) is 9.97 Å². The molecule has 0 saturated heterocycles. The van der Waals surface area contributed by atoms with Gasteiger partial charge in [-0.15, -0.1) is 10.2 Å². The quantitative estimate of drug-likeness (QED) is 0.172. The van der Waals surface area contributed by atoms with Gasteiger partial charge in [0.2, 0.25) is 11.8 Å². The highest BCUT2D eigenvalue weighted by Gasteiger charge is 2.19. The Balaban J connectivity index is 0.984. The Kier molecular flexibility index (Phi) is 7.03. The third-order valence-electron chi connectivity index (χ3n) is 10.3. The molecular weight excluding hydrogens is 677 g/mol. The standard InChI is InChI=1S/C48H30N6O/c1-3-13-31(14-4-1)39-19-11-23-45(49-39)53-41-21-9-7-17-35(41)37-29-33(25-27-43(37)53)47-51-52-48(55-47)34-26-28-44-38(30-34)36-18-8-10-22-42(36)54(44)46-24-12-20-40(50-46)32-15-5-2-6-16-32/h1-30H. The summed E-state index contributed by atoms with van der Waals surface area (Å²) >= 11 is 0. The summed E-state index contributed by atoms with van der Waals surface area (Å²) in [5.74, 6) is 2.64. The van der Waals surface area contributed by atoms with E-state index in [1.165, 1.54) is 0 Å². The van der Waals surface area contributed by atoms with Crippen molar-refractivity contribution in [2.24, 2.45) is 0 Å². The van der Waals surface area contributed by atoms with E-state index in [1.807, 2.05) is 48.5 Å². The van der Waals surface area contributed by atoms with Crippen LogP contribution in [0.3, 0.4) is 0 Å². The van der Waals surface area contributed by atoms with E-state index in [-0.39, 0.29) is 0 Å². The molecule has 0 bridgehead atoms. The largest absolute Gasteiger partial charge is 0.416 e. The molecule has 0 unspecified atom stereocenters. The van der Waals surface area contributed by atoms with Crippen molar-refractivity contribution in [3.63, 3.8) is 0 Å². The maximum Gasteiger partial charge on any atom is 0.248 e. The van der Waals surface area contributed by atoms with Crippen molar-refractivity contribution in [1.29, 1.82) is 0 Å². The van der Waals surface area contributed by atoms with E-state index in [0.29, 0.717) is 11.8 Å². The van der Waals surface area contributed by atoms with Crippen molar-refractivity contribution in [3.8, 4) is 57.1 Å². The van der Waals surface area contributed by atoms with Gasteiger partial charge in [0.05, 0.1) is 33.5 Å².